The van der Waals surface area contributed by atoms with E-state index in [0.29, 0.717) is 11.7 Å². The van der Waals surface area contributed by atoms with Crippen LogP contribution in [0.5, 0.6) is 0 Å². The molecule has 1 aromatic heterocycles. The summed E-state index contributed by atoms with van der Waals surface area (Å²) in [5.41, 5.74) is 7.46. The van der Waals surface area contributed by atoms with Crippen LogP contribution in [0, 0.1) is 10.1 Å². The lowest BCUT2D eigenvalue weighted by Gasteiger charge is -2.14. The zero-order chi connectivity index (χ0) is 14.7. The topological polar surface area (TPSA) is 94.1 Å². The Bertz CT molecular complexity index is 641. The molecule has 20 heavy (non-hydrogen) atoms. The quantitative estimate of drug-likeness (QED) is 0.656. The van der Waals surface area contributed by atoms with Gasteiger partial charge in [-0.2, -0.15) is 0 Å². The van der Waals surface area contributed by atoms with Crippen LogP contribution in [0.3, 0.4) is 0 Å². The van der Waals surface area contributed by atoms with Gasteiger partial charge < -0.3 is 11.1 Å². The summed E-state index contributed by atoms with van der Waals surface area (Å²) in [6.45, 7) is 4.19. The molecule has 1 heterocycles. The first-order chi connectivity index (χ1) is 9.49. The lowest BCUT2D eigenvalue weighted by molar-refractivity contribution is -0.384. The van der Waals surface area contributed by atoms with Crippen LogP contribution < -0.4 is 11.1 Å². The number of nitrogens with zero attached hydrogens (tertiary/aromatic N) is 2. The second kappa shape index (κ2) is 5.56. The fraction of sp³-hybridized carbons (Fsp3) is 0.214. The number of hydrogen-bond donors (Lipinski definition) is 2. The van der Waals surface area contributed by atoms with Gasteiger partial charge in [0.25, 0.3) is 0 Å². The molecule has 2 aromatic rings. The minimum Gasteiger partial charge on any atom is -0.378 e. The zero-order valence-electron chi connectivity index (χ0n) is 11.3. The summed E-state index contributed by atoms with van der Waals surface area (Å²) < 4.78 is 0. The second-order valence-corrected chi connectivity index (χ2v) is 4.72. The van der Waals surface area contributed by atoms with Crippen LogP contribution >= 0.6 is 0 Å². The number of nitrogens with two attached hydrogens (primary N) is 1. The first-order valence-electron chi connectivity index (χ1n) is 6.26. The number of anilines is 3. The van der Waals surface area contributed by atoms with Crippen molar-refractivity contribution in [1.29, 1.82) is 0 Å². The molecule has 6 heteroatoms. The van der Waals surface area contributed by atoms with E-state index in [9.17, 15) is 10.1 Å². The van der Waals surface area contributed by atoms with Crippen molar-refractivity contribution in [2.75, 3.05) is 11.1 Å². The molecule has 0 bridgehead atoms. The molecule has 0 unspecified atom stereocenters. The van der Waals surface area contributed by atoms with Crippen molar-refractivity contribution in [3.63, 3.8) is 0 Å². The summed E-state index contributed by atoms with van der Waals surface area (Å²) in [6.07, 6.45) is 0. The van der Waals surface area contributed by atoms with E-state index >= 15 is 0 Å². The monoisotopic (exact) mass is 272 g/mol. The van der Waals surface area contributed by atoms with Crippen LogP contribution in [-0.4, -0.2) is 9.91 Å². The molecular weight excluding hydrogens is 256 g/mol. The molecule has 0 aliphatic rings. The third-order valence-electron chi connectivity index (χ3n) is 2.94. The van der Waals surface area contributed by atoms with Gasteiger partial charge in [0.15, 0.2) is 0 Å². The number of rotatable bonds is 4. The van der Waals surface area contributed by atoms with E-state index in [1.807, 2.05) is 24.3 Å². The van der Waals surface area contributed by atoms with Gasteiger partial charge in [-0.3, -0.25) is 10.1 Å². The van der Waals surface area contributed by atoms with Crippen molar-refractivity contribution >= 4 is 23.0 Å². The number of nitrogens with one attached hydrogen (secondary N) is 1. The maximum Gasteiger partial charge on any atom is 0.311 e. The minimum atomic E-state index is -0.547. The SMILES string of the molecule is CC(C)c1ccccc1Nc1ccc([N+](=O)[O-])c(N)n1. The maximum absolute atomic E-state index is 10.7. The average Bonchev–Trinajstić information content (AvgIpc) is 2.38. The maximum atomic E-state index is 10.7. The van der Waals surface area contributed by atoms with Gasteiger partial charge in [-0.25, -0.2) is 4.98 Å². The highest BCUT2D eigenvalue weighted by molar-refractivity contribution is 5.65. The van der Waals surface area contributed by atoms with Crippen LogP contribution in [0.15, 0.2) is 36.4 Å². The van der Waals surface area contributed by atoms with Crippen LogP contribution in [-0.2, 0) is 0 Å². The molecule has 0 saturated carbocycles. The Morgan fingerprint density at radius 3 is 2.55 bits per heavy atom. The Hall–Kier alpha value is -2.63. The lowest BCUT2D eigenvalue weighted by atomic mass is 10.0. The van der Waals surface area contributed by atoms with Crippen LogP contribution in [0.1, 0.15) is 25.3 Å². The fourth-order valence-electron chi connectivity index (χ4n) is 1.94. The number of nitro groups is 1. The molecule has 2 rings (SSSR count). The molecule has 0 atom stereocenters. The number of benzene rings is 1. The van der Waals surface area contributed by atoms with Gasteiger partial charge >= 0.3 is 5.69 Å². The molecule has 0 saturated heterocycles. The summed E-state index contributed by atoms with van der Waals surface area (Å²) in [5.74, 6) is 0.748. The molecular formula is C14H16N4O2. The summed E-state index contributed by atoms with van der Waals surface area (Å²) >= 11 is 0. The standard InChI is InChI=1S/C14H16N4O2/c1-9(2)10-5-3-4-6-11(10)16-13-8-7-12(18(19)20)14(15)17-13/h3-9H,1-2H3,(H3,15,16,17). The van der Waals surface area contributed by atoms with Crippen LogP contribution in [0.4, 0.5) is 23.0 Å². The molecule has 104 valence electrons. The van der Waals surface area contributed by atoms with Gasteiger partial charge in [-0.1, -0.05) is 32.0 Å². The Labute approximate surface area is 116 Å². The Morgan fingerprint density at radius 2 is 1.95 bits per heavy atom. The summed E-state index contributed by atoms with van der Waals surface area (Å²) in [7, 11) is 0. The van der Waals surface area contributed by atoms with E-state index in [4.69, 9.17) is 5.73 Å². The van der Waals surface area contributed by atoms with Gasteiger partial charge in [0.05, 0.1) is 4.92 Å². The first kappa shape index (κ1) is 13.8. The second-order valence-electron chi connectivity index (χ2n) is 4.72. The fourth-order valence-corrected chi connectivity index (χ4v) is 1.94. The highest BCUT2D eigenvalue weighted by Gasteiger charge is 2.13. The predicted octanol–water partition coefficient (Wildman–Crippen LogP) is 3.44. The van der Waals surface area contributed by atoms with Crippen LogP contribution in [0.25, 0.3) is 0 Å². The van der Waals surface area contributed by atoms with Gasteiger partial charge in [0.2, 0.25) is 5.82 Å². The van der Waals surface area contributed by atoms with E-state index in [-0.39, 0.29) is 11.5 Å². The largest absolute Gasteiger partial charge is 0.378 e. The van der Waals surface area contributed by atoms with Crippen molar-refractivity contribution in [2.45, 2.75) is 19.8 Å². The molecule has 6 nitrogen and oxygen atoms in total. The molecule has 0 radical (unpaired) electrons. The molecule has 0 spiro atoms. The molecule has 0 aliphatic heterocycles. The highest BCUT2D eigenvalue weighted by Crippen LogP contribution is 2.28. The van der Waals surface area contributed by atoms with E-state index in [2.05, 4.69) is 24.1 Å². The predicted molar refractivity (Wildman–Crippen MR) is 79.1 cm³/mol. The first-order valence-corrected chi connectivity index (χ1v) is 6.26. The van der Waals surface area contributed by atoms with Crippen molar-refractivity contribution < 1.29 is 4.92 Å². The average molecular weight is 272 g/mol. The molecule has 0 fully saturated rings. The van der Waals surface area contributed by atoms with Crippen molar-refractivity contribution in [1.82, 2.24) is 4.98 Å². The zero-order valence-corrected chi connectivity index (χ0v) is 11.3. The number of hydrogen-bond acceptors (Lipinski definition) is 5. The number of pyridine rings is 1. The summed E-state index contributed by atoms with van der Waals surface area (Å²) in [6, 6.07) is 10.8. The van der Waals surface area contributed by atoms with Crippen molar-refractivity contribution in [3.05, 3.63) is 52.1 Å². The summed E-state index contributed by atoms with van der Waals surface area (Å²) in [5, 5.41) is 13.8. The van der Waals surface area contributed by atoms with E-state index in [1.165, 1.54) is 6.07 Å². The van der Waals surface area contributed by atoms with Crippen molar-refractivity contribution in [3.8, 4) is 0 Å². The molecule has 0 amide bonds. The smallest absolute Gasteiger partial charge is 0.311 e. The van der Waals surface area contributed by atoms with Crippen LogP contribution in [0.2, 0.25) is 0 Å². The molecule has 1 aromatic carbocycles. The van der Waals surface area contributed by atoms with Gasteiger partial charge in [0.1, 0.15) is 5.82 Å². The highest BCUT2D eigenvalue weighted by atomic mass is 16.6. The van der Waals surface area contributed by atoms with Crippen molar-refractivity contribution in [2.24, 2.45) is 0 Å². The van der Waals surface area contributed by atoms with E-state index in [1.54, 1.807) is 6.07 Å². The molecule has 3 N–H and O–H groups in total. The Morgan fingerprint density at radius 1 is 1.25 bits per heavy atom. The summed E-state index contributed by atoms with van der Waals surface area (Å²) in [4.78, 5) is 14.2. The Balaban J connectivity index is 2.31. The number of para-hydroxylation sites is 1. The molecule has 0 aliphatic carbocycles. The third-order valence-corrected chi connectivity index (χ3v) is 2.94. The van der Waals surface area contributed by atoms with Gasteiger partial charge in [-0.05, 0) is 23.6 Å². The van der Waals surface area contributed by atoms with Gasteiger partial charge in [-0.15, -0.1) is 0 Å². The van der Waals surface area contributed by atoms with Gasteiger partial charge in [0, 0.05) is 11.8 Å². The number of aromatic nitrogens is 1. The van der Waals surface area contributed by atoms with E-state index < -0.39 is 4.92 Å². The van der Waals surface area contributed by atoms with E-state index in [0.717, 1.165) is 11.3 Å². The minimum absolute atomic E-state index is 0.0953. The third kappa shape index (κ3) is 2.85. The lowest BCUT2D eigenvalue weighted by Crippen LogP contribution is -2.03. The number of nitrogen functional groups attached to an aromatic ring is 1. The normalized spacial score (nSPS) is 10.6. The Kier molecular flexibility index (Phi) is 3.84.